The highest BCUT2D eigenvalue weighted by Gasteiger charge is 2.36. The van der Waals surface area contributed by atoms with Crippen LogP contribution in [-0.2, 0) is 36.9 Å². The molecular formula is C30H44N2O7. The molecule has 1 saturated heterocycles. The van der Waals surface area contributed by atoms with Crippen molar-refractivity contribution >= 4 is 5.69 Å². The second-order valence-corrected chi connectivity index (χ2v) is 10.2. The molecule has 1 fully saturated rings. The van der Waals surface area contributed by atoms with Crippen molar-refractivity contribution in [3.05, 3.63) is 59.2 Å². The summed E-state index contributed by atoms with van der Waals surface area (Å²) in [5, 5.41) is 13.7. The summed E-state index contributed by atoms with van der Waals surface area (Å²) in [7, 11) is 5.01. The van der Waals surface area contributed by atoms with Crippen LogP contribution in [0.25, 0.3) is 0 Å². The van der Waals surface area contributed by atoms with Crippen LogP contribution in [0.2, 0.25) is 0 Å². The van der Waals surface area contributed by atoms with Crippen LogP contribution in [-0.4, -0.2) is 97.4 Å². The van der Waals surface area contributed by atoms with E-state index < -0.39 is 6.10 Å². The Bertz CT molecular complexity index is 990. The van der Waals surface area contributed by atoms with Crippen LogP contribution in [0.1, 0.15) is 29.0 Å². The Hall–Kier alpha value is -2.24. The lowest BCUT2D eigenvalue weighted by atomic mass is 9.85. The number of nitrogens with one attached hydrogen (secondary N) is 1. The molecule has 2 aromatic carbocycles. The SMILES string of the molecule is COCCCN1CCOc2ccc(CO[C@H]3CNC[C@@H](OCC(O)COC)[C@@H]3c3ccc(COC)cc3)cc21. The molecule has 0 amide bonds. The van der Waals surface area contributed by atoms with E-state index in [0.717, 1.165) is 54.2 Å². The molecule has 1 unspecified atom stereocenters. The number of fused-ring (bicyclic) bond motifs is 1. The fourth-order valence-electron chi connectivity index (χ4n) is 5.34. The number of hydrogen-bond acceptors (Lipinski definition) is 9. The van der Waals surface area contributed by atoms with Crippen molar-refractivity contribution in [2.45, 2.75) is 43.9 Å². The average Bonchev–Trinajstić information content (AvgIpc) is 2.96. The fraction of sp³-hybridized carbons (Fsp3) is 0.600. The third kappa shape index (κ3) is 8.38. The minimum Gasteiger partial charge on any atom is -0.490 e. The molecule has 4 rings (SSSR count). The zero-order valence-corrected chi connectivity index (χ0v) is 23.5. The van der Waals surface area contributed by atoms with E-state index in [0.29, 0.717) is 32.9 Å². The number of hydrogen-bond donors (Lipinski definition) is 2. The van der Waals surface area contributed by atoms with Crippen LogP contribution in [0, 0.1) is 0 Å². The number of rotatable bonds is 15. The minimum atomic E-state index is -0.675. The maximum absolute atomic E-state index is 10.2. The van der Waals surface area contributed by atoms with Gasteiger partial charge < -0.3 is 43.7 Å². The first kappa shape index (κ1) is 29.7. The topological polar surface area (TPSA) is 90.9 Å². The summed E-state index contributed by atoms with van der Waals surface area (Å²) in [6.45, 7) is 6.09. The summed E-state index contributed by atoms with van der Waals surface area (Å²) in [6, 6.07) is 14.8. The van der Waals surface area contributed by atoms with Crippen molar-refractivity contribution in [3.63, 3.8) is 0 Å². The highest BCUT2D eigenvalue weighted by molar-refractivity contribution is 5.61. The monoisotopic (exact) mass is 544 g/mol. The number of methoxy groups -OCH3 is 3. The fourth-order valence-corrected chi connectivity index (χ4v) is 5.34. The molecule has 4 atom stereocenters. The van der Waals surface area contributed by atoms with E-state index in [1.807, 2.05) is 6.07 Å². The number of benzene rings is 2. The third-order valence-corrected chi connectivity index (χ3v) is 7.25. The molecule has 2 aromatic rings. The van der Waals surface area contributed by atoms with Gasteiger partial charge in [-0.05, 0) is 35.2 Å². The number of aliphatic hydroxyl groups excluding tert-OH is 1. The van der Waals surface area contributed by atoms with Crippen molar-refractivity contribution in [1.29, 1.82) is 0 Å². The highest BCUT2D eigenvalue weighted by atomic mass is 16.5. The second-order valence-electron chi connectivity index (χ2n) is 10.2. The molecule has 2 heterocycles. The summed E-state index contributed by atoms with van der Waals surface area (Å²) >= 11 is 0. The Morgan fingerprint density at radius 2 is 1.69 bits per heavy atom. The van der Waals surface area contributed by atoms with E-state index in [-0.39, 0.29) is 31.3 Å². The summed E-state index contributed by atoms with van der Waals surface area (Å²) < 4.78 is 34.3. The maximum Gasteiger partial charge on any atom is 0.142 e. The molecule has 216 valence electrons. The van der Waals surface area contributed by atoms with Gasteiger partial charge in [0, 0.05) is 53.5 Å². The molecule has 2 aliphatic heterocycles. The Labute approximate surface area is 232 Å². The molecule has 9 nitrogen and oxygen atoms in total. The number of nitrogens with zero attached hydrogens (tertiary/aromatic N) is 1. The van der Waals surface area contributed by atoms with Gasteiger partial charge in [0.05, 0.1) is 50.9 Å². The van der Waals surface area contributed by atoms with Gasteiger partial charge in [-0.1, -0.05) is 30.3 Å². The van der Waals surface area contributed by atoms with E-state index in [1.165, 1.54) is 0 Å². The van der Waals surface area contributed by atoms with Crippen molar-refractivity contribution in [3.8, 4) is 5.75 Å². The second kappa shape index (κ2) is 15.5. The smallest absolute Gasteiger partial charge is 0.142 e. The first-order valence-electron chi connectivity index (χ1n) is 13.8. The quantitative estimate of drug-likeness (QED) is 0.329. The van der Waals surface area contributed by atoms with Gasteiger partial charge in [0.1, 0.15) is 18.5 Å². The molecule has 0 aliphatic carbocycles. The van der Waals surface area contributed by atoms with E-state index in [2.05, 4.69) is 46.6 Å². The van der Waals surface area contributed by atoms with Crippen LogP contribution in [0.3, 0.4) is 0 Å². The van der Waals surface area contributed by atoms with E-state index >= 15 is 0 Å². The first-order chi connectivity index (χ1) is 19.1. The molecule has 0 bridgehead atoms. The zero-order chi connectivity index (χ0) is 27.5. The Morgan fingerprint density at radius 1 is 0.923 bits per heavy atom. The zero-order valence-electron chi connectivity index (χ0n) is 23.5. The minimum absolute atomic E-state index is 0.00379. The first-order valence-corrected chi connectivity index (χ1v) is 13.8. The van der Waals surface area contributed by atoms with Gasteiger partial charge in [0.2, 0.25) is 0 Å². The van der Waals surface area contributed by atoms with Gasteiger partial charge in [-0.2, -0.15) is 0 Å². The number of piperidine rings is 1. The van der Waals surface area contributed by atoms with E-state index in [1.54, 1.807) is 21.3 Å². The van der Waals surface area contributed by atoms with E-state index in [9.17, 15) is 5.11 Å². The Morgan fingerprint density at radius 3 is 2.44 bits per heavy atom. The average molecular weight is 545 g/mol. The lowest BCUT2D eigenvalue weighted by molar-refractivity contribution is -0.0856. The lowest BCUT2D eigenvalue weighted by Gasteiger charge is -2.39. The molecule has 0 spiro atoms. The third-order valence-electron chi connectivity index (χ3n) is 7.25. The van der Waals surface area contributed by atoms with E-state index in [4.69, 9.17) is 28.4 Å². The molecule has 2 aliphatic rings. The van der Waals surface area contributed by atoms with Crippen LogP contribution < -0.4 is 15.0 Å². The van der Waals surface area contributed by atoms with Gasteiger partial charge in [-0.25, -0.2) is 0 Å². The number of aliphatic hydroxyl groups is 1. The maximum atomic E-state index is 10.2. The largest absolute Gasteiger partial charge is 0.490 e. The Balaban J connectivity index is 1.48. The molecular weight excluding hydrogens is 500 g/mol. The number of anilines is 1. The van der Waals surface area contributed by atoms with Gasteiger partial charge in [0.25, 0.3) is 0 Å². The van der Waals surface area contributed by atoms with Crippen LogP contribution >= 0.6 is 0 Å². The molecule has 0 radical (unpaired) electrons. The summed E-state index contributed by atoms with van der Waals surface area (Å²) in [6.07, 6.45) is 0.0272. The van der Waals surface area contributed by atoms with Gasteiger partial charge in [-0.3, -0.25) is 0 Å². The summed E-state index contributed by atoms with van der Waals surface area (Å²) in [5.41, 5.74) is 4.48. The normalized spacial score (nSPS) is 21.8. The van der Waals surface area contributed by atoms with Crippen LogP contribution in [0.15, 0.2) is 42.5 Å². The Kier molecular flexibility index (Phi) is 11.8. The predicted molar refractivity (Wildman–Crippen MR) is 150 cm³/mol. The van der Waals surface area contributed by atoms with Crippen molar-refractivity contribution in [2.75, 3.05) is 78.8 Å². The van der Waals surface area contributed by atoms with Gasteiger partial charge in [-0.15, -0.1) is 0 Å². The van der Waals surface area contributed by atoms with Crippen molar-refractivity contribution in [2.24, 2.45) is 0 Å². The summed E-state index contributed by atoms with van der Waals surface area (Å²) in [4.78, 5) is 2.36. The summed E-state index contributed by atoms with van der Waals surface area (Å²) in [5.74, 6) is 0.919. The number of ether oxygens (including phenoxy) is 6. The standard InChI is InChI=1S/C30H44N2O7/c1-34-13-4-11-32-12-14-37-27-10-7-23(15-26(27)32)19-38-28-16-31-17-29(39-21-25(33)20-36-3)30(28)24-8-5-22(6-9-24)18-35-2/h5-10,15,25,28-31,33H,4,11-14,16-21H2,1-3H3/t25?,28-,29+,30+/m0/s1. The molecule has 2 N–H and O–H groups in total. The predicted octanol–water partition coefficient (Wildman–Crippen LogP) is 2.73. The van der Waals surface area contributed by atoms with Gasteiger partial charge in [0.15, 0.2) is 0 Å². The van der Waals surface area contributed by atoms with Crippen LogP contribution in [0.4, 0.5) is 5.69 Å². The molecule has 0 saturated carbocycles. The van der Waals surface area contributed by atoms with Crippen molar-refractivity contribution in [1.82, 2.24) is 5.32 Å². The lowest BCUT2D eigenvalue weighted by Crippen LogP contribution is -2.51. The van der Waals surface area contributed by atoms with Crippen LogP contribution in [0.5, 0.6) is 5.75 Å². The van der Waals surface area contributed by atoms with Crippen molar-refractivity contribution < 1.29 is 33.5 Å². The highest BCUT2D eigenvalue weighted by Crippen LogP contribution is 2.34. The molecule has 9 heteroatoms. The molecule has 0 aromatic heterocycles. The molecule has 39 heavy (non-hydrogen) atoms. The van der Waals surface area contributed by atoms with Gasteiger partial charge >= 0.3 is 0 Å².